The first-order chi connectivity index (χ1) is 11.2. The Kier molecular flexibility index (Phi) is 3.75. The van der Waals surface area contributed by atoms with E-state index in [1.807, 2.05) is 0 Å². The number of nitrogens with one attached hydrogen (secondary N) is 1. The van der Waals surface area contributed by atoms with E-state index in [1.54, 1.807) is 6.92 Å². The summed E-state index contributed by atoms with van der Waals surface area (Å²) in [4.78, 5) is 12.7. The number of halogens is 4. The number of hydrogen-bond donors (Lipinski definition) is 2. The van der Waals surface area contributed by atoms with Crippen molar-refractivity contribution in [3.63, 3.8) is 0 Å². The Morgan fingerprint density at radius 3 is 2.50 bits per heavy atom. The molecule has 0 aromatic heterocycles. The third-order valence-electron chi connectivity index (χ3n) is 4.39. The zero-order valence-corrected chi connectivity index (χ0v) is 13.3. The lowest BCUT2D eigenvalue weighted by Gasteiger charge is -2.27. The average molecular weight is 356 g/mol. The lowest BCUT2D eigenvalue weighted by atomic mass is 9.73. The summed E-state index contributed by atoms with van der Waals surface area (Å²) >= 11 is 5.98. The number of rotatable bonds is 2. The largest absolute Gasteiger partial charge is 0.508 e. The first-order valence-electron chi connectivity index (χ1n) is 7.22. The molecule has 0 unspecified atom stereocenters. The fourth-order valence-corrected chi connectivity index (χ4v) is 3.38. The number of alkyl halides is 3. The van der Waals surface area contributed by atoms with Crippen LogP contribution in [0.5, 0.6) is 5.75 Å². The molecule has 2 aromatic rings. The maximum atomic E-state index is 12.9. The van der Waals surface area contributed by atoms with Crippen molar-refractivity contribution in [1.29, 1.82) is 0 Å². The molecule has 0 spiro atoms. The van der Waals surface area contributed by atoms with Crippen molar-refractivity contribution < 1.29 is 23.1 Å². The van der Waals surface area contributed by atoms with Crippen molar-refractivity contribution in [1.82, 2.24) is 0 Å². The van der Waals surface area contributed by atoms with E-state index in [1.165, 1.54) is 24.3 Å². The second kappa shape index (κ2) is 5.41. The Balaban J connectivity index is 2.25. The number of hydrogen-bond acceptors (Lipinski definition) is 2. The molecule has 126 valence electrons. The lowest BCUT2D eigenvalue weighted by Crippen LogP contribution is -2.35. The molecule has 3 rings (SSSR count). The van der Waals surface area contributed by atoms with Crippen LogP contribution in [0.25, 0.3) is 0 Å². The molecule has 1 aliphatic rings. The van der Waals surface area contributed by atoms with Crippen LogP contribution in [0.1, 0.15) is 30.0 Å². The van der Waals surface area contributed by atoms with Gasteiger partial charge in [0, 0.05) is 16.3 Å². The quantitative estimate of drug-likeness (QED) is 0.819. The Hall–Kier alpha value is -2.21. The van der Waals surface area contributed by atoms with Gasteiger partial charge in [-0.2, -0.15) is 13.2 Å². The van der Waals surface area contributed by atoms with Crippen molar-refractivity contribution in [3.8, 4) is 5.75 Å². The monoisotopic (exact) mass is 355 g/mol. The summed E-state index contributed by atoms with van der Waals surface area (Å²) in [5.41, 5.74) is -1.37. The van der Waals surface area contributed by atoms with E-state index in [0.29, 0.717) is 10.6 Å². The first kappa shape index (κ1) is 16.6. The van der Waals surface area contributed by atoms with Crippen LogP contribution in [0, 0.1) is 0 Å². The lowest BCUT2D eigenvalue weighted by molar-refractivity contribution is -0.137. The maximum absolute atomic E-state index is 12.9. The van der Waals surface area contributed by atoms with Gasteiger partial charge in [-0.1, -0.05) is 24.6 Å². The fraction of sp³-hybridized carbons (Fsp3) is 0.235. The molecule has 0 aliphatic carbocycles. The molecule has 3 nitrogen and oxygen atoms in total. The fourth-order valence-electron chi connectivity index (χ4n) is 3.21. The molecule has 24 heavy (non-hydrogen) atoms. The molecule has 0 saturated heterocycles. The molecular formula is C17H13ClF3NO2. The molecular weight excluding hydrogens is 343 g/mol. The minimum Gasteiger partial charge on any atom is -0.508 e. The van der Waals surface area contributed by atoms with Crippen LogP contribution in [-0.4, -0.2) is 11.0 Å². The second-order valence-electron chi connectivity index (χ2n) is 5.63. The molecule has 0 saturated carbocycles. The van der Waals surface area contributed by atoms with Crippen LogP contribution in [-0.2, 0) is 16.4 Å². The average Bonchev–Trinajstić information content (AvgIpc) is 2.80. The normalized spacial score (nSPS) is 20.0. The van der Waals surface area contributed by atoms with Crippen LogP contribution in [0.3, 0.4) is 0 Å². The Morgan fingerprint density at radius 2 is 1.88 bits per heavy atom. The van der Waals surface area contributed by atoms with Gasteiger partial charge in [0.15, 0.2) is 0 Å². The summed E-state index contributed by atoms with van der Waals surface area (Å²) in [5.74, 6) is -0.624. The van der Waals surface area contributed by atoms with Crippen molar-refractivity contribution in [2.75, 3.05) is 5.32 Å². The Labute approximate surface area is 141 Å². The zero-order chi connectivity index (χ0) is 17.7. The van der Waals surface area contributed by atoms with E-state index >= 15 is 0 Å². The van der Waals surface area contributed by atoms with Gasteiger partial charge in [-0.05, 0) is 42.3 Å². The topological polar surface area (TPSA) is 49.3 Å². The molecule has 7 heteroatoms. The maximum Gasteiger partial charge on any atom is 0.416 e. The number of benzene rings is 2. The van der Waals surface area contributed by atoms with Gasteiger partial charge in [0.1, 0.15) is 11.2 Å². The highest BCUT2D eigenvalue weighted by atomic mass is 35.5. The van der Waals surface area contributed by atoms with Crippen LogP contribution < -0.4 is 5.32 Å². The molecule has 1 heterocycles. The number of amides is 1. The van der Waals surface area contributed by atoms with Crippen molar-refractivity contribution in [3.05, 3.63) is 58.1 Å². The third kappa shape index (κ3) is 2.33. The van der Waals surface area contributed by atoms with Gasteiger partial charge in [0.25, 0.3) is 0 Å². The van der Waals surface area contributed by atoms with E-state index in [4.69, 9.17) is 11.6 Å². The number of carbonyl (C=O) groups is 1. The summed E-state index contributed by atoms with van der Waals surface area (Å²) < 4.78 is 38.7. The van der Waals surface area contributed by atoms with E-state index in [2.05, 4.69) is 5.32 Å². The van der Waals surface area contributed by atoms with E-state index in [-0.39, 0.29) is 23.4 Å². The number of carbonyl (C=O) groups excluding carboxylic acids is 1. The number of phenolic OH excluding ortho intramolecular Hbond substituents is 1. The minimum absolute atomic E-state index is 0.0936. The minimum atomic E-state index is -4.50. The van der Waals surface area contributed by atoms with Crippen molar-refractivity contribution in [2.24, 2.45) is 0 Å². The van der Waals surface area contributed by atoms with Gasteiger partial charge in [-0.15, -0.1) is 0 Å². The summed E-state index contributed by atoms with van der Waals surface area (Å²) in [6.07, 6.45) is -4.25. The van der Waals surface area contributed by atoms with E-state index in [9.17, 15) is 23.1 Å². The molecule has 1 atom stereocenters. The highest BCUT2D eigenvalue weighted by molar-refractivity contribution is 6.30. The summed E-state index contributed by atoms with van der Waals surface area (Å²) in [5, 5.41) is 13.0. The van der Waals surface area contributed by atoms with Crippen molar-refractivity contribution in [2.45, 2.75) is 24.9 Å². The van der Waals surface area contributed by atoms with Crippen LogP contribution >= 0.6 is 11.6 Å². The summed E-state index contributed by atoms with van der Waals surface area (Å²) in [6, 6.07) is 7.43. The summed E-state index contributed by atoms with van der Waals surface area (Å²) in [6.45, 7) is 1.73. The SMILES string of the molecule is CC[C@]1(c2cc(Cl)ccc2O)C(=O)Nc2cc(C(F)(F)F)ccc21. The molecule has 1 amide bonds. The Morgan fingerprint density at radius 1 is 1.17 bits per heavy atom. The van der Waals surface area contributed by atoms with Gasteiger partial charge in [0.05, 0.1) is 5.56 Å². The third-order valence-corrected chi connectivity index (χ3v) is 4.63. The zero-order valence-electron chi connectivity index (χ0n) is 12.5. The van der Waals surface area contributed by atoms with Gasteiger partial charge in [-0.25, -0.2) is 0 Å². The van der Waals surface area contributed by atoms with Crippen molar-refractivity contribution >= 4 is 23.2 Å². The Bertz CT molecular complexity index is 835. The van der Waals surface area contributed by atoms with Gasteiger partial charge >= 0.3 is 6.18 Å². The van der Waals surface area contributed by atoms with Gasteiger partial charge < -0.3 is 10.4 Å². The molecule has 1 aliphatic heterocycles. The second-order valence-corrected chi connectivity index (χ2v) is 6.07. The molecule has 0 radical (unpaired) electrons. The molecule has 2 aromatic carbocycles. The smallest absolute Gasteiger partial charge is 0.416 e. The number of anilines is 1. The van der Waals surface area contributed by atoms with Crippen LogP contribution in [0.2, 0.25) is 5.02 Å². The standard InChI is InChI=1S/C17H13ClF3NO2/c1-2-16(12-8-10(18)4-6-14(12)23)11-5-3-9(17(19,20)21)7-13(11)22-15(16)24/h3-8,23H,2H2,1H3,(H,22,24)/t16-/m0/s1. The highest BCUT2D eigenvalue weighted by Crippen LogP contribution is 2.49. The highest BCUT2D eigenvalue weighted by Gasteiger charge is 2.49. The number of phenols is 1. The van der Waals surface area contributed by atoms with Gasteiger partial charge in [-0.3, -0.25) is 4.79 Å². The van der Waals surface area contributed by atoms with Gasteiger partial charge in [0.2, 0.25) is 5.91 Å². The van der Waals surface area contributed by atoms with Crippen LogP contribution in [0.15, 0.2) is 36.4 Å². The predicted octanol–water partition coefficient (Wildman–Crippen LogP) is 4.71. The molecule has 0 bridgehead atoms. The number of aromatic hydroxyl groups is 1. The first-order valence-corrected chi connectivity index (χ1v) is 7.60. The van der Waals surface area contributed by atoms with Crippen LogP contribution in [0.4, 0.5) is 18.9 Å². The molecule has 0 fully saturated rings. The summed E-state index contributed by atoms with van der Waals surface area (Å²) in [7, 11) is 0. The number of fused-ring (bicyclic) bond motifs is 1. The van der Waals surface area contributed by atoms with E-state index < -0.39 is 23.1 Å². The van der Waals surface area contributed by atoms with E-state index in [0.717, 1.165) is 12.1 Å². The molecule has 2 N–H and O–H groups in total. The predicted molar refractivity (Wildman–Crippen MR) is 84.3 cm³/mol.